The molecule has 3 nitrogen and oxygen atoms in total. The lowest BCUT2D eigenvalue weighted by molar-refractivity contribution is -0.0301. The number of nitrogens with two attached hydrogens (primary N) is 1. The first-order valence-corrected chi connectivity index (χ1v) is 8.35. The van der Waals surface area contributed by atoms with E-state index in [1.54, 1.807) is 0 Å². The summed E-state index contributed by atoms with van der Waals surface area (Å²) in [5.74, 6) is 1.65. The zero-order valence-electron chi connectivity index (χ0n) is 12.8. The molecule has 1 saturated heterocycles. The molecule has 0 amide bonds. The van der Waals surface area contributed by atoms with Gasteiger partial charge in [-0.3, -0.25) is 9.80 Å². The van der Waals surface area contributed by atoms with Crippen LogP contribution in [0.15, 0.2) is 0 Å². The van der Waals surface area contributed by atoms with Gasteiger partial charge in [0.15, 0.2) is 0 Å². The third-order valence-electron chi connectivity index (χ3n) is 6.10. The van der Waals surface area contributed by atoms with E-state index in [0.29, 0.717) is 5.54 Å². The van der Waals surface area contributed by atoms with Crippen molar-refractivity contribution < 1.29 is 0 Å². The van der Waals surface area contributed by atoms with Crippen molar-refractivity contribution in [3.63, 3.8) is 0 Å². The first-order chi connectivity index (χ1) is 9.15. The minimum Gasteiger partial charge on any atom is -0.329 e. The summed E-state index contributed by atoms with van der Waals surface area (Å²) in [5, 5.41) is 0. The summed E-state index contributed by atoms with van der Waals surface area (Å²) in [5.41, 5.74) is 6.56. The Kier molecular flexibility index (Phi) is 3.89. The van der Waals surface area contributed by atoms with Gasteiger partial charge in [0.05, 0.1) is 0 Å². The quantitative estimate of drug-likeness (QED) is 0.846. The Morgan fingerprint density at radius 2 is 1.74 bits per heavy atom. The molecule has 2 aliphatic carbocycles. The number of rotatable bonds is 3. The summed E-state index contributed by atoms with van der Waals surface area (Å²) >= 11 is 0. The zero-order chi connectivity index (χ0) is 13.5. The fourth-order valence-corrected chi connectivity index (χ4v) is 4.56. The van der Waals surface area contributed by atoms with Gasteiger partial charge in [-0.25, -0.2) is 0 Å². The van der Waals surface area contributed by atoms with E-state index < -0.39 is 0 Å². The summed E-state index contributed by atoms with van der Waals surface area (Å²) < 4.78 is 0. The van der Waals surface area contributed by atoms with Gasteiger partial charge in [-0.05, 0) is 43.9 Å². The van der Waals surface area contributed by atoms with Crippen molar-refractivity contribution in [1.82, 2.24) is 9.80 Å². The van der Waals surface area contributed by atoms with Gasteiger partial charge in [-0.15, -0.1) is 0 Å². The maximum atomic E-state index is 6.26. The molecule has 2 saturated carbocycles. The molecule has 3 rings (SSSR count). The zero-order valence-corrected chi connectivity index (χ0v) is 12.8. The van der Waals surface area contributed by atoms with Gasteiger partial charge in [-0.2, -0.15) is 0 Å². The summed E-state index contributed by atoms with van der Waals surface area (Å²) in [4.78, 5) is 5.46. The lowest BCUT2D eigenvalue weighted by Crippen LogP contribution is -2.64. The second kappa shape index (κ2) is 5.34. The normalized spacial score (nSPS) is 42.5. The van der Waals surface area contributed by atoms with Gasteiger partial charge in [0.2, 0.25) is 0 Å². The molecule has 0 aromatic rings. The van der Waals surface area contributed by atoms with Gasteiger partial charge in [0.25, 0.3) is 0 Å². The second-order valence-corrected chi connectivity index (χ2v) is 7.34. The van der Waals surface area contributed by atoms with E-state index in [2.05, 4.69) is 23.6 Å². The van der Waals surface area contributed by atoms with E-state index in [-0.39, 0.29) is 0 Å². The highest BCUT2D eigenvalue weighted by atomic mass is 15.3. The lowest BCUT2D eigenvalue weighted by Gasteiger charge is -2.53. The van der Waals surface area contributed by atoms with Crippen molar-refractivity contribution in [2.24, 2.45) is 17.6 Å². The Morgan fingerprint density at radius 3 is 2.26 bits per heavy atom. The maximum absolute atomic E-state index is 6.26. The minimum atomic E-state index is 0.308. The molecule has 110 valence electrons. The van der Waals surface area contributed by atoms with Crippen LogP contribution in [0.4, 0.5) is 0 Å². The van der Waals surface area contributed by atoms with E-state index in [1.807, 2.05) is 0 Å². The lowest BCUT2D eigenvalue weighted by atomic mass is 9.68. The number of nitrogens with zero attached hydrogens (tertiary/aromatic N) is 2. The standard InChI is InChI=1S/C16H31N3/c1-13-5-6-16(12-17,14(2)11-13)19-9-7-18(8-10-19)15-3-4-15/h13-15H,3-12,17H2,1-2H3. The number of hydrogen-bond acceptors (Lipinski definition) is 3. The summed E-state index contributed by atoms with van der Waals surface area (Å²) in [6.07, 6.45) is 6.92. The molecular formula is C16H31N3. The van der Waals surface area contributed by atoms with Crippen LogP contribution in [0, 0.1) is 11.8 Å². The molecule has 0 spiro atoms. The van der Waals surface area contributed by atoms with Crippen LogP contribution in [0.2, 0.25) is 0 Å². The molecule has 3 unspecified atom stereocenters. The topological polar surface area (TPSA) is 32.5 Å². The highest BCUT2D eigenvalue weighted by Crippen LogP contribution is 2.41. The molecule has 3 atom stereocenters. The molecule has 3 aliphatic rings. The Labute approximate surface area is 118 Å². The van der Waals surface area contributed by atoms with Gasteiger partial charge in [-0.1, -0.05) is 13.8 Å². The Hall–Kier alpha value is -0.120. The molecule has 0 aromatic carbocycles. The van der Waals surface area contributed by atoms with E-state index in [1.165, 1.54) is 58.3 Å². The van der Waals surface area contributed by atoms with Crippen molar-refractivity contribution in [2.45, 2.75) is 57.5 Å². The third kappa shape index (κ3) is 2.57. The van der Waals surface area contributed by atoms with E-state index in [9.17, 15) is 0 Å². The predicted octanol–water partition coefficient (Wildman–Crippen LogP) is 1.92. The van der Waals surface area contributed by atoms with Gasteiger partial charge in [0.1, 0.15) is 0 Å². The largest absolute Gasteiger partial charge is 0.329 e. The first-order valence-electron chi connectivity index (χ1n) is 8.35. The average Bonchev–Trinajstić information content (AvgIpc) is 3.24. The smallest absolute Gasteiger partial charge is 0.0358 e. The molecule has 1 heterocycles. The van der Waals surface area contributed by atoms with Crippen molar-refractivity contribution >= 4 is 0 Å². The predicted molar refractivity (Wildman–Crippen MR) is 80.1 cm³/mol. The molecular weight excluding hydrogens is 234 g/mol. The van der Waals surface area contributed by atoms with Gasteiger partial charge >= 0.3 is 0 Å². The first kappa shape index (κ1) is 13.8. The molecule has 0 aromatic heterocycles. The number of piperazine rings is 1. The summed E-state index contributed by atoms with van der Waals surface area (Å²) in [6.45, 7) is 10.7. The average molecular weight is 265 g/mol. The van der Waals surface area contributed by atoms with Crippen molar-refractivity contribution in [3.05, 3.63) is 0 Å². The SMILES string of the molecule is CC1CCC(CN)(N2CCN(C3CC3)CC2)C(C)C1. The molecule has 3 heteroatoms. The molecule has 3 fully saturated rings. The van der Waals surface area contributed by atoms with Crippen LogP contribution in [-0.4, -0.2) is 54.1 Å². The van der Waals surface area contributed by atoms with Crippen LogP contribution in [-0.2, 0) is 0 Å². The molecule has 2 N–H and O–H groups in total. The Balaban J connectivity index is 1.65. The highest BCUT2D eigenvalue weighted by Gasteiger charge is 2.45. The molecule has 19 heavy (non-hydrogen) atoms. The molecule has 0 bridgehead atoms. The Morgan fingerprint density at radius 1 is 1.05 bits per heavy atom. The van der Waals surface area contributed by atoms with Gasteiger partial charge in [0, 0.05) is 44.3 Å². The van der Waals surface area contributed by atoms with E-state index >= 15 is 0 Å². The van der Waals surface area contributed by atoms with Crippen LogP contribution in [0.5, 0.6) is 0 Å². The summed E-state index contributed by atoms with van der Waals surface area (Å²) in [6, 6.07) is 0.930. The van der Waals surface area contributed by atoms with Crippen LogP contribution in [0.3, 0.4) is 0 Å². The minimum absolute atomic E-state index is 0.308. The number of hydrogen-bond donors (Lipinski definition) is 1. The fourth-order valence-electron chi connectivity index (χ4n) is 4.56. The third-order valence-corrected chi connectivity index (χ3v) is 6.10. The van der Waals surface area contributed by atoms with Crippen molar-refractivity contribution in [3.8, 4) is 0 Å². The Bertz CT molecular complexity index is 307. The van der Waals surface area contributed by atoms with Crippen LogP contribution < -0.4 is 5.73 Å². The fraction of sp³-hybridized carbons (Fsp3) is 1.00. The van der Waals surface area contributed by atoms with Crippen molar-refractivity contribution in [1.29, 1.82) is 0 Å². The monoisotopic (exact) mass is 265 g/mol. The second-order valence-electron chi connectivity index (χ2n) is 7.34. The van der Waals surface area contributed by atoms with E-state index in [0.717, 1.165) is 24.4 Å². The van der Waals surface area contributed by atoms with Crippen LogP contribution in [0.1, 0.15) is 46.0 Å². The van der Waals surface area contributed by atoms with Gasteiger partial charge < -0.3 is 5.73 Å². The van der Waals surface area contributed by atoms with E-state index in [4.69, 9.17) is 5.73 Å². The molecule has 0 radical (unpaired) electrons. The molecule has 1 aliphatic heterocycles. The van der Waals surface area contributed by atoms with Crippen LogP contribution >= 0.6 is 0 Å². The van der Waals surface area contributed by atoms with Crippen molar-refractivity contribution in [2.75, 3.05) is 32.7 Å². The van der Waals surface area contributed by atoms with Crippen LogP contribution in [0.25, 0.3) is 0 Å². The highest BCUT2D eigenvalue weighted by molar-refractivity contribution is 5.01. The maximum Gasteiger partial charge on any atom is 0.0358 e. The summed E-state index contributed by atoms with van der Waals surface area (Å²) in [7, 11) is 0.